The molecule has 3 nitrogen and oxygen atoms in total. The number of aliphatic hydroxyl groups is 1. The Bertz CT molecular complexity index is 362. The van der Waals surface area contributed by atoms with Crippen LogP contribution in [-0.2, 0) is 0 Å². The maximum Gasteiger partial charge on any atom is 0.198 e. The molecule has 0 bridgehead atoms. The Morgan fingerprint density at radius 1 is 1.71 bits per heavy atom. The monoisotopic (exact) mass is 229 g/mol. The van der Waals surface area contributed by atoms with Gasteiger partial charge in [-0.05, 0) is 6.07 Å². The molecule has 2 heterocycles. The highest BCUT2D eigenvalue weighted by Gasteiger charge is 2.20. The van der Waals surface area contributed by atoms with E-state index in [0.29, 0.717) is 4.88 Å². The summed E-state index contributed by atoms with van der Waals surface area (Å²) in [6, 6.07) is 1.89. The van der Waals surface area contributed by atoms with Crippen molar-refractivity contribution in [3.63, 3.8) is 0 Å². The van der Waals surface area contributed by atoms with Gasteiger partial charge in [0.15, 0.2) is 5.78 Å². The predicted molar refractivity (Wildman–Crippen MR) is 59.7 cm³/mol. The molecule has 2 rings (SSSR count). The first-order valence-corrected chi connectivity index (χ1v) is 6.14. The zero-order chi connectivity index (χ0) is 10.1. The number of carbonyl (C=O) groups excluding carboxylic acids is 1. The van der Waals surface area contributed by atoms with Gasteiger partial charge < -0.3 is 10.0 Å². The van der Waals surface area contributed by atoms with Crippen molar-refractivity contribution in [2.45, 2.75) is 4.90 Å². The van der Waals surface area contributed by atoms with Gasteiger partial charge in [-0.2, -0.15) is 0 Å². The Morgan fingerprint density at radius 2 is 2.50 bits per heavy atom. The summed E-state index contributed by atoms with van der Waals surface area (Å²) >= 11 is 3.25. The van der Waals surface area contributed by atoms with Crippen LogP contribution in [0.3, 0.4) is 0 Å². The minimum atomic E-state index is -0.395. The second-order valence-corrected chi connectivity index (χ2v) is 5.30. The summed E-state index contributed by atoms with van der Waals surface area (Å²) in [4.78, 5) is 15.3. The molecule has 1 aromatic rings. The van der Waals surface area contributed by atoms with Crippen LogP contribution in [0.2, 0.25) is 0 Å². The molecule has 0 amide bonds. The van der Waals surface area contributed by atoms with Gasteiger partial charge in [-0.15, -0.1) is 23.1 Å². The molecule has 0 saturated carbocycles. The van der Waals surface area contributed by atoms with Crippen molar-refractivity contribution in [1.29, 1.82) is 0 Å². The number of thioether (sulfide) groups is 1. The van der Waals surface area contributed by atoms with Crippen molar-refractivity contribution in [3.8, 4) is 0 Å². The molecule has 0 fully saturated rings. The minimum Gasteiger partial charge on any atom is -0.388 e. The van der Waals surface area contributed by atoms with Gasteiger partial charge in [0.25, 0.3) is 0 Å². The van der Waals surface area contributed by atoms with E-state index in [1.165, 1.54) is 16.2 Å². The number of nitrogens with zero attached hydrogens (tertiary/aromatic N) is 1. The van der Waals surface area contributed by atoms with E-state index in [1.807, 2.05) is 13.1 Å². The normalized spacial score (nSPS) is 15.4. The fraction of sp³-hybridized carbons (Fsp3) is 0.444. The van der Waals surface area contributed by atoms with Gasteiger partial charge in [0.05, 0.1) is 4.88 Å². The summed E-state index contributed by atoms with van der Waals surface area (Å²) in [5, 5.41) is 9.90. The van der Waals surface area contributed by atoms with Crippen LogP contribution < -0.4 is 4.90 Å². The first kappa shape index (κ1) is 10.0. The van der Waals surface area contributed by atoms with Gasteiger partial charge in [-0.25, -0.2) is 0 Å². The Hall–Kier alpha value is -0.520. The SMILES string of the molecule is CN1CCSc2cc(C(=O)CO)sc21. The van der Waals surface area contributed by atoms with Crippen molar-refractivity contribution in [3.05, 3.63) is 10.9 Å². The highest BCUT2D eigenvalue weighted by atomic mass is 32.2. The van der Waals surface area contributed by atoms with Gasteiger partial charge >= 0.3 is 0 Å². The molecule has 76 valence electrons. The van der Waals surface area contributed by atoms with Gasteiger partial charge in [0.1, 0.15) is 11.6 Å². The number of anilines is 1. The zero-order valence-corrected chi connectivity index (χ0v) is 9.45. The van der Waals surface area contributed by atoms with Gasteiger partial charge in [0, 0.05) is 24.2 Å². The molecule has 1 aromatic heterocycles. The lowest BCUT2D eigenvalue weighted by Gasteiger charge is -2.22. The van der Waals surface area contributed by atoms with E-state index in [9.17, 15) is 4.79 Å². The van der Waals surface area contributed by atoms with Gasteiger partial charge in [0.2, 0.25) is 0 Å². The lowest BCUT2D eigenvalue weighted by Crippen LogP contribution is -2.22. The fourth-order valence-corrected chi connectivity index (χ4v) is 3.76. The second-order valence-electron chi connectivity index (χ2n) is 3.13. The number of hydrogen-bond acceptors (Lipinski definition) is 5. The molecule has 1 aliphatic heterocycles. The third-order valence-electron chi connectivity index (χ3n) is 2.13. The number of ketones is 1. The maximum atomic E-state index is 11.3. The van der Waals surface area contributed by atoms with Crippen LogP contribution in [0.4, 0.5) is 5.00 Å². The molecule has 1 aliphatic rings. The average molecular weight is 229 g/mol. The quantitative estimate of drug-likeness (QED) is 0.780. The number of aliphatic hydroxyl groups excluding tert-OH is 1. The van der Waals surface area contributed by atoms with Crippen molar-refractivity contribution in [1.82, 2.24) is 0 Å². The third kappa shape index (κ3) is 1.67. The van der Waals surface area contributed by atoms with E-state index in [1.54, 1.807) is 11.8 Å². The lowest BCUT2D eigenvalue weighted by atomic mass is 10.3. The predicted octanol–water partition coefficient (Wildman–Crippen LogP) is 1.47. The molecule has 0 radical (unpaired) electrons. The largest absolute Gasteiger partial charge is 0.388 e. The molecule has 0 aromatic carbocycles. The summed E-state index contributed by atoms with van der Waals surface area (Å²) in [7, 11) is 2.03. The summed E-state index contributed by atoms with van der Waals surface area (Å²) < 4.78 is 0. The number of Topliss-reactive ketones (excluding diaryl/α,β-unsaturated/α-hetero) is 1. The molecule has 14 heavy (non-hydrogen) atoms. The summed E-state index contributed by atoms with van der Waals surface area (Å²) in [6.45, 7) is 0.624. The molecule has 0 aliphatic carbocycles. The van der Waals surface area contributed by atoms with Crippen molar-refractivity contribution < 1.29 is 9.90 Å². The van der Waals surface area contributed by atoms with Crippen LogP contribution in [0.15, 0.2) is 11.0 Å². The van der Waals surface area contributed by atoms with E-state index in [0.717, 1.165) is 17.3 Å². The van der Waals surface area contributed by atoms with E-state index >= 15 is 0 Å². The van der Waals surface area contributed by atoms with Crippen LogP contribution in [0, 0.1) is 0 Å². The first-order chi connectivity index (χ1) is 6.72. The molecular formula is C9H11NO2S2. The fourth-order valence-electron chi connectivity index (χ4n) is 1.34. The number of hydrogen-bond donors (Lipinski definition) is 1. The Balaban J connectivity index is 2.35. The van der Waals surface area contributed by atoms with Crippen LogP contribution >= 0.6 is 23.1 Å². The number of rotatable bonds is 2. The van der Waals surface area contributed by atoms with E-state index in [4.69, 9.17) is 5.11 Å². The minimum absolute atomic E-state index is 0.182. The van der Waals surface area contributed by atoms with Crippen LogP contribution in [-0.4, -0.2) is 36.8 Å². The van der Waals surface area contributed by atoms with E-state index < -0.39 is 6.61 Å². The van der Waals surface area contributed by atoms with Crippen molar-refractivity contribution in [2.75, 3.05) is 30.9 Å². The third-order valence-corrected chi connectivity index (χ3v) is 4.56. The lowest BCUT2D eigenvalue weighted by molar-refractivity contribution is 0.0908. The second kappa shape index (κ2) is 3.92. The van der Waals surface area contributed by atoms with Crippen LogP contribution in [0.5, 0.6) is 0 Å². The highest BCUT2D eigenvalue weighted by molar-refractivity contribution is 7.99. The van der Waals surface area contributed by atoms with E-state index in [2.05, 4.69) is 4.90 Å². The summed E-state index contributed by atoms with van der Waals surface area (Å²) in [6.07, 6.45) is 0. The molecule has 0 unspecified atom stereocenters. The topological polar surface area (TPSA) is 40.5 Å². The number of carbonyl (C=O) groups is 1. The maximum absolute atomic E-state index is 11.3. The first-order valence-electron chi connectivity index (χ1n) is 4.34. The molecular weight excluding hydrogens is 218 g/mol. The average Bonchev–Trinajstić information content (AvgIpc) is 2.62. The zero-order valence-electron chi connectivity index (χ0n) is 7.82. The Morgan fingerprint density at radius 3 is 3.14 bits per heavy atom. The Labute approximate surface area is 90.7 Å². The molecule has 0 spiro atoms. The van der Waals surface area contributed by atoms with E-state index in [-0.39, 0.29) is 5.78 Å². The molecule has 0 saturated heterocycles. The van der Waals surface area contributed by atoms with Gasteiger partial charge in [-0.3, -0.25) is 4.79 Å². The smallest absolute Gasteiger partial charge is 0.198 e. The molecule has 1 N–H and O–H groups in total. The van der Waals surface area contributed by atoms with Crippen LogP contribution in [0.25, 0.3) is 0 Å². The van der Waals surface area contributed by atoms with Crippen LogP contribution in [0.1, 0.15) is 9.67 Å². The van der Waals surface area contributed by atoms with Crippen molar-refractivity contribution in [2.24, 2.45) is 0 Å². The summed E-state index contributed by atoms with van der Waals surface area (Å²) in [5.41, 5.74) is 0. The standard InChI is InChI=1S/C9H11NO2S2/c1-10-2-3-13-8-4-7(6(12)5-11)14-9(8)10/h4,11H,2-3,5H2,1H3. The number of thiophene rings is 1. The van der Waals surface area contributed by atoms with Crippen molar-refractivity contribution >= 4 is 33.9 Å². The molecule has 5 heteroatoms. The number of fused-ring (bicyclic) bond motifs is 1. The molecule has 0 atom stereocenters. The highest BCUT2D eigenvalue weighted by Crippen LogP contribution is 2.40. The summed E-state index contributed by atoms with van der Waals surface area (Å²) in [5.74, 6) is 0.880. The Kier molecular flexibility index (Phi) is 2.80. The van der Waals surface area contributed by atoms with Gasteiger partial charge in [-0.1, -0.05) is 0 Å².